The van der Waals surface area contributed by atoms with Gasteiger partial charge in [-0.3, -0.25) is 0 Å². The normalized spacial score (nSPS) is 20.3. The standard InChI is InChI=1S/C15H16ClNO2/c16-12-4-5-14(19-9-11-2-3-11)13(8-12)15(17-10-18)6-1-7-15/h4-5,8,11H,1-3,6-7,9H2. The lowest BCUT2D eigenvalue weighted by Crippen LogP contribution is -2.32. The quantitative estimate of drug-likeness (QED) is 0.606. The lowest BCUT2D eigenvalue weighted by molar-refractivity contribution is 0.234. The van der Waals surface area contributed by atoms with Gasteiger partial charge in [-0.2, -0.15) is 4.99 Å². The zero-order valence-electron chi connectivity index (χ0n) is 10.7. The van der Waals surface area contributed by atoms with Crippen LogP contribution in [-0.2, 0) is 10.3 Å². The lowest BCUT2D eigenvalue weighted by atomic mass is 9.72. The topological polar surface area (TPSA) is 38.7 Å². The number of isocyanates is 1. The van der Waals surface area contributed by atoms with E-state index in [1.54, 1.807) is 6.08 Å². The van der Waals surface area contributed by atoms with Crippen LogP contribution in [0.2, 0.25) is 5.02 Å². The smallest absolute Gasteiger partial charge is 0.235 e. The number of hydrogen-bond donors (Lipinski definition) is 0. The molecular weight excluding hydrogens is 262 g/mol. The highest BCUT2D eigenvalue weighted by atomic mass is 35.5. The van der Waals surface area contributed by atoms with E-state index in [1.165, 1.54) is 12.8 Å². The number of ether oxygens (including phenoxy) is 1. The van der Waals surface area contributed by atoms with E-state index in [2.05, 4.69) is 4.99 Å². The van der Waals surface area contributed by atoms with Crippen LogP contribution >= 0.6 is 11.6 Å². The highest BCUT2D eigenvalue weighted by Crippen LogP contribution is 2.49. The first-order valence-electron chi connectivity index (χ1n) is 6.75. The number of carbonyl (C=O) groups excluding carboxylic acids is 1. The number of hydrogen-bond acceptors (Lipinski definition) is 3. The first kappa shape index (κ1) is 12.7. The minimum absolute atomic E-state index is 0.453. The van der Waals surface area contributed by atoms with Gasteiger partial charge in [0.1, 0.15) is 11.3 Å². The molecule has 0 heterocycles. The van der Waals surface area contributed by atoms with E-state index in [4.69, 9.17) is 16.3 Å². The number of aliphatic imine (C=N–C) groups is 1. The second-order valence-corrected chi connectivity index (χ2v) is 5.92. The van der Waals surface area contributed by atoms with E-state index in [0.717, 1.165) is 37.2 Å². The van der Waals surface area contributed by atoms with Gasteiger partial charge >= 0.3 is 0 Å². The van der Waals surface area contributed by atoms with Crippen molar-refractivity contribution in [1.29, 1.82) is 0 Å². The van der Waals surface area contributed by atoms with Crippen molar-refractivity contribution in [3.8, 4) is 5.75 Å². The molecule has 2 aliphatic carbocycles. The Bertz CT molecular complexity index is 529. The molecule has 19 heavy (non-hydrogen) atoms. The molecule has 0 unspecified atom stereocenters. The molecule has 1 aromatic rings. The molecule has 0 spiro atoms. The van der Waals surface area contributed by atoms with E-state index < -0.39 is 5.54 Å². The number of benzene rings is 1. The fraction of sp³-hybridized carbons (Fsp3) is 0.533. The maximum absolute atomic E-state index is 10.7. The third-order valence-corrected chi connectivity index (χ3v) is 4.29. The zero-order chi connectivity index (χ0) is 13.3. The second kappa shape index (κ2) is 4.99. The fourth-order valence-corrected chi connectivity index (χ4v) is 2.70. The first-order chi connectivity index (χ1) is 9.23. The van der Waals surface area contributed by atoms with Gasteiger partial charge in [0.25, 0.3) is 0 Å². The molecule has 2 fully saturated rings. The van der Waals surface area contributed by atoms with E-state index >= 15 is 0 Å². The average Bonchev–Trinajstić information content (AvgIpc) is 3.16. The van der Waals surface area contributed by atoms with Crippen LogP contribution < -0.4 is 4.74 Å². The van der Waals surface area contributed by atoms with Gasteiger partial charge in [-0.25, -0.2) is 4.79 Å². The van der Waals surface area contributed by atoms with Crippen LogP contribution in [0.15, 0.2) is 23.2 Å². The van der Waals surface area contributed by atoms with Crippen LogP contribution in [-0.4, -0.2) is 12.7 Å². The lowest BCUT2D eigenvalue weighted by Gasteiger charge is -2.38. The van der Waals surface area contributed by atoms with Gasteiger partial charge in [-0.05, 0) is 56.2 Å². The van der Waals surface area contributed by atoms with Crippen molar-refractivity contribution < 1.29 is 9.53 Å². The molecule has 0 aromatic heterocycles. The van der Waals surface area contributed by atoms with Crippen LogP contribution in [0.1, 0.15) is 37.7 Å². The van der Waals surface area contributed by atoms with Gasteiger partial charge in [0, 0.05) is 10.6 Å². The van der Waals surface area contributed by atoms with Crippen molar-refractivity contribution >= 4 is 17.7 Å². The summed E-state index contributed by atoms with van der Waals surface area (Å²) in [4.78, 5) is 14.7. The van der Waals surface area contributed by atoms with Gasteiger partial charge in [0.2, 0.25) is 6.08 Å². The van der Waals surface area contributed by atoms with E-state index in [-0.39, 0.29) is 0 Å². The van der Waals surface area contributed by atoms with Crippen LogP contribution in [0, 0.1) is 5.92 Å². The molecular formula is C15H16ClNO2. The first-order valence-corrected chi connectivity index (χ1v) is 7.13. The summed E-state index contributed by atoms with van der Waals surface area (Å²) in [6.45, 7) is 0.746. The number of halogens is 1. The fourth-order valence-electron chi connectivity index (χ4n) is 2.52. The molecule has 3 nitrogen and oxygen atoms in total. The Balaban J connectivity index is 1.92. The molecule has 1 aromatic carbocycles. The van der Waals surface area contributed by atoms with Gasteiger partial charge in [-0.1, -0.05) is 11.6 Å². The Morgan fingerprint density at radius 1 is 1.42 bits per heavy atom. The predicted octanol–water partition coefficient (Wildman–Crippen LogP) is 3.84. The molecule has 4 heteroatoms. The van der Waals surface area contributed by atoms with E-state index in [0.29, 0.717) is 10.9 Å². The summed E-state index contributed by atoms with van der Waals surface area (Å²) in [5.41, 5.74) is 0.487. The maximum atomic E-state index is 10.7. The molecule has 0 atom stereocenters. The van der Waals surface area contributed by atoms with Gasteiger partial charge in [0.15, 0.2) is 0 Å². The highest BCUT2D eigenvalue weighted by molar-refractivity contribution is 6.30. The summed E-state index contributed by atoms with van der Waals surface area (Å²) < 4.78 is 5.90. The van der Waals surface area contributed by atoms with E-state index in [1.807, 2.05) is 18.2 Å². The highest BCUT2D eigenvalue weighted by Gasteiger charge is 2.41. The van der Waals surface area contributed by atoms with Gasteiger partial charge in [0.05, 0.1) is 6.61 Å². The van der Waals surface area contributed by atoms with Gasteiger partial charge in [-0.15, -0.1) is 0 Å². The van der Waals surface area contributed by atoms with Crippen molar-refractivity contribution in [2.45, 2.75) is 37.6 Å². The van der Waals surface area contributed by atoms with Crippen molar-refractivity contribution in [2.75, 3.05) is 6.61 Å². The molecule has 2 aliphatic rings. The Hall–Kier alpha value is -1.31. The molecule has 0 amide bonds. The summed E-state index contributed by atoms with van der Waals surface area (Å²) in [6.07, 6.45) is 7.01. The van der Waals surface area contributed by atoms with Crippen molar-refractivity contribution in [2.24, 2.45) is 10.9 Å². The summed E-state index contributed by atoms with van der Waals surface area (Å²) in [5.74, 6) is 1.51. The van der Waals surface area contributed by atoms with Crippen molar-refractivity contribution in [3.63, 3.8) is 0 Å². The summed E-state index contributed by atoms with van der Waals surface area (Å²) in [7, 11) is 0. The monoisotopic (exact) mass is 277 g/mol. The molecule has 3 rings (SSSR count). The minimum atomic E-state index is -0.453. The van der Waals surface area contributed by atoms with Crippen LogP contribution in [0.3, 0.4) is 0 Å². The van der Waals surface area contributed by atoms with Crippen LogP contribution in [0.5, 0.6) is 5.75 Å². The molecule has 2 saturated carbocycles. The Kier molecular flexibility index (Phi) is 3.34. The van der Waals surface area contributed by atoms with Crippen molar-refractivity contribution in [1.82, 2.24) is 0 Å². The van der Waals surface area contributed by atoms with Crippen LogP contribution in [0.25, 0.3) is 0 Å². The molecule has 0 radical (unpaired) electrons. The average molecular weight is 278 g/mol. The predicted molar refractivity (Wildman–Crippen MR) is 73.3 cm³/mol. The zero-order valence-corrected chi connectivity index (χ0v) is 11.4. The SMILES string of the molecule is O=C=NC1(c2cc(Cl)ccc2OCC2CC2)CCC1. The summed E-state index contributed by atoms with van der Waals surface area (Å²) in [5, 5.41) is 0.654. The van der Waals surface area contributed by atoms with Crippen LogP contribution in [0.4, 0.5) is 0 Å². The molecule has 100 valence electrons. The Morgan fingerprint density at radius 2 is 2.21 bits per heavy atom. The van der Waals surface area contributed by atoms with Gasteiger partial charge < -0.3 is 4.74 Å². The summed E-state index contributed by atoms with van der Waals surface area (Å²) >= 11 is 6.08. The third kappa shape index (κ3) is 2.54. The number of rotatable bonds is 5. The molecule has 0 bridgehead atoms. The molecule has 0 saturated heterocycles. The third-order valence-electron chi connectivity index (χ3n) is 4.05. The summed E-state index contributed by atoms with van der Waals surface area (Å²) in [6, 6.07) is 5.59. The Morgan fingerprint density at radius 3 is 2.79 bits per heavy atom. The second-order valence-electron chi connectivity index (χ2n) is 5.48. The molecule has 0 aliphatic heterocycles. The molecule has 0 N–H and O–H groups in total. The Labute approximate surface area is 117 Å². The number of nitrogens with zero attached hydrogens (tertiary/aromatic N) is 1. The maximum Gasteiger partial charge on any atom is 0.235 e. The van der Waals surface area contributed by atoms with Crippen molar-refractivity contribution in [3.05, 3.63) is 28.8 Å². The minimum Gasteiger partial charge on any atom is -0.493 e. The van der Waals surface area contributed by atoms with E-state index in [9.17, 15) is 4.79 Å². The largest absolute Gasteiger partial charge is 0.493 e.